The van der Waals surface area contributed by atoms with Crippen LogP contribution in [-0.2, 0) is 0 Å². The van der Waals surface area contributed by atoms with Crippen LogP contribution in [0, 0.1) is 11.8 Å². The first-order valence-electron chi connectivity index (χ1n) is 8.44. The summed E-state index contributed by atoms with van der Waals surface area (Å²) in [5.41, 5.74) is 0. The van der Waals surface area contributed by atoms with Gasteiger partial charge in [-0.2, -0.15) is 0 Å². The Morgan fingerprint density at radius 1 is 1.06 bits per heavy atom. The van der Waals surface area contributed by atoms with Crippen LogP contribution in [0.1, 0.15) is 79.6 Å². The summed E-state index contributed by atoms with van der Waals surface area (Å²) in [7, 11) is 0. The number of unbranched alkanes of at least 4 members (excludes halogenated alkanes) is 1. The zero-order valence-electron chi connectivity index (χ0n) is 13.7. The Bertz CT molecular complexity index is 157. The molecule has 0 N–H and O–H groups in total. The third-order valence-corrected chi connectivity index (χ3v) is 3.91. The maximum atomic E-state index is 2.69. The highest BCUT2D eigenvalue weighted by molar-refractivity contribution is 4.71. The number of likely N-dealkylation sites (tertiary alicyclic amines) is 1. The topological polar surface area (TPSA) is 3.24 Å². The SMILES string of the molecule is CC.CCCC1CCN(CCCCC(C)C)CC1. The summed E-state index contributed by atoms with van der Waals surface area (Å²) in [5, 5.41) is 0. The summed E-state index contributed by atoms with van der Waals surface area (Å²) in [4.78, 5) is 2.69. The van der Waals surface area contributed by atoms with Gasteiger partial charge in [-0.25, -0.2) is 0 Å². The second-order valence-corrected chi connectivity index (χ2v) is 5.96. The smallest absolute Gasteiger partial charge is 0.00161 e. The molecule has 0 atom stereocenters. The fourth-order valence-corrected chi connectivity index (χ4v) is 2.79. The molecule has 1 heterocycles. The standard InChI is InChI=1S/C15H31N.C2H6/c1-4-7-15-9-12-16(13-10-15)11-6-5-8-14(2)3;1-2/h14-15H,4-13H2,1-3H3;1-2H3. The minimum absolute atomic E-state index is 0.885. The number of rotatable bonds is 7. The van der Waals surface area contributed by atoms with Gasteiger partial charge in [0.05, 0.1) is 0 Å². The molecular formula is C17H37N. The van der Waals surface area contributed by atoms with E-state index in [1.54, 1.807) is 0 Å². The lowest BCUT2D eigenvalue weighted by Gasteiger charge is -2.31. The average molecular weight is 255 g/mol. The van der Waals surface area contributed by atoms with Gasteiger partial charge in [0, 0.05) is 0 Å². The van der Waals surface area contributed by atoms with Crippen molar-refractivity contribution in [2.45, 2.75) is 79.6 Å². The van der Waals surface area contributed by atoms with E-state index in [1.165, 1.54) is 64.6 Å². The first-order valence-corrected chi connectivity index (χ1v) is 8.44. The van der Waals surface area contributed by atoms with Crippen molar-refractivity contribution in [2.75, 3.05) is 19.6 Å². The molecule has 0 radical (unpaired) electrons. The lowest BCUT2D eigenvalue weighted by molar-refractivity contribution is 0.175. The summed E-state index contributed by atoms with van der Waals surface area (Å²) in [5.74, 6) is 1.92. The maximum Gasteiger partial charge on any atom is -0.00161 e. The third kappa shape index (κ3) is 8.97. The van der Waals surface area contributed by atoms with E-state index in [-0.39, 0.29) is 0 Å². The van der Waals surface area contributed by atoms with E-state index in [0.29, 0.717) is 0 Å². The highest BCUT2D eigenvalue weighted by atomic mass is 15.1. The van der Waals surface area contributed by atoms with Gasteiger partial charge in [0.15, 0.2) is 0 Å². The van der Waals surface area contributed by atoms with Crippen molar-refractivity contribution in [3.05, 3.63) is 0 Å². The molecular weight excluding hydrogens is 218 g/mol. The number of hydrogen-bond donors (Lipinski definition) is 0. The van der Waals surface area contributed by atoms with Crippen molar-refractivity contribution in [3.8, 4) is 0 Å². The molecule has 0 saturated carbocycles. The van der Waals surface area contributed by atoms with Gasteiger partial charge in [0.1, 0.15) is 0 Å². The quantitative estimate of drug-likeness (QED) is 0.554. The Balaban J connectivity index is 0.00000137. The van der Waals surface area contributed by atoms with Crippen LogP contribution in [0.4, 0.5) is 0 Å². The minimum Gasteiger partial charge on any atom is -0.303 e. The van der Waals surface area contributed by atoms with Crippen molar-refractivity contribution in [3.63, 3.8) is 0 Å². The fourth-order valence-electron chi connectivity index (χ4n) is 2.79. The molecule has 0 aromatic rings. The molecule has 1 nitrogen and oxygen atoms in total. The van der Waals surface area contributed by atoms with Gasteiger partial charge in [0.25, 0.3) is 0 Å². The second-order valence-electron chi connectivity index (χ2n) is 5.96. The van der Waals surface area contributed by atoms with Crippen molar-refractivity contribution < 1.29 is 0 Å². The maximum absolute atomic E-state index is 2.69. The first-order chi connectivity index (χ1) is 8.72. The average Bonchev–Trinajstić information content (AvgIpc) is 2.39. The number of nitrogens with zero attached hydrogens (tertiary/aromatic N) is 1. The molecule has 0 amide bonds. The van der Waals surface area contributed by atoms with E-state index < -0.39 is 0 Å². The Morgan fingerprint density at radius 2 is 1.67 bits per heavy atom. The van der Waals surface area contributed by atoms with Gasteiger partial charge in [-0.15, -0.1) is 0 Å². The van der Waals surface area contributed by atoms with Gasteiger partial charge in [-0.3, -0.25) is 0 Å². The monoisotopic (exact) mass is 255 g/mol. The molecule has 1 saturated heterocycles. The minimum atomic E-state index is 0.885. The van der Waals surface area contributed by atoms with Crippen LogP contribution < -0.4 is 0 Å². The fraction of sp³-hybridized carbons (Fsp3) is 1.00. The van der Waals surface area contributed by atoms with Crippen LogP contribution in [0.15, 0.2) is 0 Å². The molecule has 110 valence electrons. The molecule has 1 rings (SSSR count). The van der Waals surface area contributed by atoms with Crippen molar-refractivity contribution in [1.82, 2.24) is 4.90 Å². The molecule has 0 aromatic carbocycles. The zero-order chi connectivity index (χ0) is 13.8. The van der Waals surface area contributed by atoms with E-state index >= 15 is 0 Å². The summed E-state index contributed by atoms with van der Waals surface area (Å²) < 4.78 is 0. The second kappa shape index (κ2) is 12.0. The molecule has 0 aromatic heterocycles. The molecule has 18 heavy (non-hydrogen) atoms. The van der Waals surface area contributed by atoms with Crippen LogP contribution in [-0.4, -0.2) is 24.5 Å². The Kier molecular flexibility index (Phi) is 12.0. The number of piperidine rings is 1. The van der Waals surface area contributed by atoms with Crippen LogP contribution in [0.3, 0.4) is 0 Å². The molecule has 0 unspecified atom stereocenters. The normalized spacial score (nSPS) is 17.7. The van der Waals surface area contributed by atoms with Gasteiger partial charge in [0.2, 0.25) is 0 Å². The van der Waals surface area contributed by atoms with Crippen LogP contribution in [0.2, 0.25) is 0 Å². The predicted molar refractivity (Wildman–Crippen MR) is 84.1 cm³/mol. The molecule has 1 aliphatic heterocycles. The Morgan fingerprint density at radius 3 is 2.17 bits per heavy atom. The Hall–Kier alpha value is -0.0400. The lowest BCUT2D eigenvalue weighted by atomic mass is 9.92. The molecule has 0 bridgehead atoms. The number of hydrogen-bond acceptors (Lipinski definition) is 1. The van der Waals surface area contributed by atoms with Crippen LogP contribution >= 0.6 is 0 Å². The molecule has 0 aliphatic carbocycles. The van der Waals surface area contributed by atoms with Crippen molar-refractivity contribution in [2.24, 2.45) is 11.8 Å². The molecule has 1 aliphatic rings. The van der Waals surface area contributed by atoms with Crippen LogP contribution in [0.5, 0.6) is 0 Å². The third-order valence-electron chi connectivity index (χ3n) is 3.91. The first kappa shape index (κ1) is 18.0. The summed E-state index contributed by atoms with van der Waals surface area (Å²) in [6, 6.07) is 0. The molecule has 1 fully saturated rings. The van der Waals surface area contributed by atoms with Gasteiger partial charge >= 0.3 is 0 Å². The van der Waals surface area contributed by atoms with Gasteiger partial charge < -0.3 is 4.90 Å². The van der Waals surface area contributed by atoms with E-state index in [4.69, 9.17) is 0 Å². The summed E-state index contributed by atoms with van der Waals surface area (Å²) in [6.45, 7) is 15.1. The summed E-state index contributed by atoms with van der Waals surface area (Å²) >= 11 is 0. The predicted octanol–water partition coefficient (Wildman–Crippen LogP) is 5.35. The van der Waals surface area contributed by atoms with E-state index in [0.717, 1.165) is 11.8 Å². The van der Waals surface area contributed by atoms with Gasteiger partial charge in [-0.1, -0.05) is 60.3 Å². The summed E-state index contributed by atoms with van der Waals surface area (Å²) in [6.07, 6.45) is 9.99. The molecule has 1 heteroatoms. The largest absolute Gasteiger partial charge is 0.303 e. The highest BCUT2D eigenvalue weighted by Crippen LogP contribution is 2.21. The molecule has 0 spiro atoms. The van der Waals surface area contributed by atoms with E-state index in [1.807, 2.05) is 13.8 Å². The highest BCUT2D eigenvalue weighted by Gasteiger charge is 2.17. The van der Waals surface area contributed by atoms with E-state index in [9.17, 15) is 0 Å². The Labute approximate surface area is 116 Å². The van der Waals surface area contributed by atoms with Gasteiger partial charge in [-0.05, 0) is 50.7 Å². The zero-order valence-corrected chi connectivity index (χ0v) is 13.7. The van der Waals surface area contributed by atoms with Crippen LogP contribution in [0.25, 0.3) is 0 Å². The van der Waals surface area contributed by atoms with Crippen molar-refractivity contribution in [1.29, 1.82) is 0 Å². The van der Waals surface area contributed by atoms with E-state index in [2.05, 4.69) is 25.7 Å². The van der Waals surface area contributed by atoms with Crippen molar-refractivity contribution >= 4 is 0 Å². The lowest BCUT2D eigenvalue weighted by Crippen LogP contribution is -2.34.